The first-order valence-corrected chi connectivity index (χ1v) is 7.92. The predicted octanol–water partition coefficient (Wildman–Crippen LogP) is -0.150. The van der Waals surface area contributed by atoms with Crippen molar-refractivity contribution in [1.29, 1.82) is 0 Å². The summed E-state index contributed by atoms with van der Waals surface area (Å²) < 4.78 is 0. The molecular formula is C11H11Cl2N5O4S. The second kappa shape index (κ2) is 7.57. The summed E-state index contributed by atoms with van der Waals surface area (Å²) >= 11 is 12.0. The molecule has 9 nitrogen and oxygen atoms in total. The van der Waals surface area contributed by atoms with E-state index in [-0.39, 0.29) is 22.3 Å². The van der Waals surface area contributed by atoms with Gasteiger partial charge in [-0.1, -0.05) is 28.4 Å². The molecule has 1 aliphatic rings. The lowest BCUT2D eigenvalue weighted by Gasteiger charge is -2.26. The molecule has 3 N–H and O–H groups in total. The van der Waals surface area contributed by atoms with Crippen LogP contribution in [0.3, 0.4) is 0 Å². The van der Waals surface area contributed by atoms with Crippen molar-refractivity contribution in [1.82, 2.24) is 15.6 Å². The Morgan fingerprint density at radius 3 is 2.83 bits per heavy atom. The van der Waals surface area contributed by atoms with Crippen LogP contribution in [-0.2, 0) is 19.2 Å². The van der Waals surface area contributed by atoms with Crippen molar-refractivity contribution in [2.75, 3.05) is 19.0 Å². The van der Waals surface area contributed by atoms with Crippen LogP contribution in [0.25, 0.3) is 0 Å². The molecule has 1 atom stereocenters. The highest BCUT2D eigenvalue weighted by Gasteiger charge is 2.32. The number of thiazole rings is 1. The number of amides is 3. The Labute approximate surface area is 144 Å². The summed E-state index contributed by atoms with van der Waals surface area (Å²) in [5.41, 5.74) is 1.29. The van der Waals surface area contributed by atoms with Crippen LogP contribution in [0.5, 0.6) is 0 Å². The largest absolute Gasteiger partial charge is 0.398 e. The van der Waals surface area contributed by atoms with E-state index in [2.05, 4.69) is 30.9 Å². The number of anilines is 1. The Kier molecular flexibility index (Phi) is 5.74. The van der Waals surface area contributed by atoms with E-state index in [0.29, 0.717) is 6.54 Å². The van der Waals surface area contributed by atoms with E-state index in [0.717, 1.165) is 11.3 Å². The number of alkyl halides is 2. The zero-order valence-electron chi connectivity index (χ0n) is 11.6. The van der Waals surface area contributed by atoms with E-state index in [1.54, 1.807) is 0 Å². The summed E-state index contributed by atoms with van der Waals surface area (Å²) in [6, 6.07) is -0.642. The van der Waals surface area contributed by atoms with E-state index in [4.69, 9.17) is 23.2 Å². The minimum Gasteiger partial charge on any atom is -0.398 e. The molecule has 0 radical (unpaired) electrons. The highest BCUT2D eigenvalue weighted by atomic mass is 35.5. The van der Waals surface area contributed by atoms with E-state index in [1.165, 1.54) is 12.6 Å². The predicted molar refractivity (Wildman–Crippen MR) is 84.7 cm³/mol. The van der Waals surface area contributed by atoms with Gasteiger partial charge in [0, 0.05) is 6.54 Å². The minimum atomic E-state index is -1.28. The van der Waals surface area contributed by atoms with Gasteiger partial charge >= 0.3 is 0 Å². The maximum atomic E-state index is 12.3. The smallest absolute Gasteiger partial charge is 0.276 e. The molecule has 3 amide bonds. The van der Waals surface area contributed by atoms with Gasteiger partial charge in [0.1, 0.15) is 23.8 Å². The number of carbonyl (C=O) groups is 3. The van der Waals surface area contributed by atoms with Gasteiger partial charge < -0.3 is 20.8 Å². The summed E-state index contributed by atoms with van der Waals surface area (Å²) in [4.78, 5) is 42.4. The van der Waals surface area contributed by atoms with Gasteiger partial charge in [0.05, 0.1) is 5.51 Å². The van der Waals surface area contributed by atoms with Gasteiger partial charge in [-0.2, -0.15) is 0 Å². The van der Waals surface area contributed by atoms with Gasteiger partial charge in [0.25, 0.3) is 11.8 Å². The molecule has 1 aliphatic heterocycles. The molecule has 2 rings (SSSR count). The molecule has 1 fully saturated rings. The van der Waals surface area contributed by atoms with E-state index < -0.39 is 22.7 Å². The normalized spacial score (nSPS) is 17.3. The molecule has 0 aromatic carbocycles. The second-order valence-electron chi connectivity index (χ2n) is 4.21. The number of hydrogen-bond donors (Lipinski definition) is 3. The summed E-state index contributed by atoms with van der Waals surface area (Å²) in [6.07, 6.45) is 0. The number of aromatic nitrogens is 1. The maximum absolute atomic E-state index is 12.3. The Bertz CT molecular complexity index is 663. The van der Waals surface area contributed by atoms with Crippen LogP contribution in [0, 0.1) is 0 Å². The molecule has 23 heavy (non-hydrogen) atoms. The number of carbonyl (C=O) groups excluding carboxylic acids is 3. The number of rotatable bonds is 6. The van der Waals surface area contributed by atoms with Crippen molar-refractivity contribution < 1.29 is 19.2 Å². The number of β-lactam (4-membered cyclic amide) rings is 1. The summed E-state index contributed by atoms with van der Waals surface area (Å²) in [5.74, 6) is -1.63. The van der Waals surface area contributed by atoms with Gasteiger partial charge in [0.2, 0.25) is 5.91 Å². The number of hydrogen-bond acceptors (Lipinski definition) is 7. The van der Waals surface area contributed by atoms with Crippen molar-refractivity contribution in [3.8, 4) is 0 Å². The fraction of sp³-hybridized carbons (Fsp3) is 0.364. The lowest BCUT2D eigenvalue weighted by molar-refractivity contribution is -0.131. The molecule has 1 saturated heterocycles. The summed E-state index contributed by atoms with van der Waals surface area (Å²) in [5, 5.41) is 11.2. The van der Waals surface area contributed by atoms with Crippen LogP contribution in [0.1, 0.15) is 5.69 Å². The number of nitrogens with one attached hydrogen (secondary N) is 3. The van der Waals surface area contributed by atoms with Crippen molar-refractivity contribution in [2.45, 2.75) is 10.9 Å². The highest BCUT2D eigenvalue weighted by molar-refractivity contribution is 7.14. The zero-order chi connectivity index (χ0) is 17.0. The van der Waals surface area contributed by atoms with Crippen molar-refractivity contribution >= 4 is 63.0 Å². The number of oxime groups is 1. The number of halogens is 2. The first-order valence-electron chi connectivity index (χ1n) is 6.16. The van der Waals surface area contributed by atoms with Gasteiger partial charge in [-0.15, -0.1) is 11.3 Å². The Balaban J connectivity index is 2.19. The van der Waals surface area contributed by atoms with E-state index in [9.17, 15) is 14.4 Å². The zero-order valence-corrected chi connectivity index (χ0v) is 14.0. The third-order valence-corrected chi connectivity index (χ3v) is 3.86. The Hall–Kier alpha value is -1.91. The fourth-order valence-corrected chi connectivity index (χ4v) is 2.38. The highest BCUT2D eigenvalue weighted by Crippen LogP contribution is 2.22. The summed E-state index contributed by atoms with van der Waals surface area (Å²) in [7, 11) is 1.25. The van der Waals surface area contributed by atoms with Crippen LogP contribution in [0.4, 0.5) is 5.00 Å². The molecular weight excluding hydrogens is 369 g/mol. The minimum absolute atomic E-state index is 0.0800. The average Bonchev–Trinajstić information content (AvgIpc) is 2.96. The molecule has 1 aromatic heterocycles. The van der Waals surface area contributed by atoms with Gasteiger partial charge in [-0.05, 0) is 0 Å². The molecule has 0 bridgehead atoms. The average molecular weight is 380 g/mol. The lowest BCUT2D eigenvalue weighted by atomic mass is 10.1. The van der Waals surface area contributed by atoms with Crippen LogP contribution in [0.15, 0.2) is 10.7 Å². The first kappa shape index (κ1) is 17.4. The quantitative estimate of drug-likeness (QED) is 0.274. The summed E-state index contributed by atoms with van der Waals surface area (Å²) in [6.45, 7) is 0.325. The SMILES string of the molecule is CON=C(C(=O)NC1CNC1=O)c1ncsc1NC(=O)C(Cl)Cl. The maximum Gasteiger partial charge on any atom is 0.276 e. The molecule has 0 saturated carbocycles. The molecule has 0 aliphatic carbocycles. The molecule has 12 heteroatoms. The van der Waals surface area contributed by atoms with Crippen molar-refractivity contribution in [2.24, 2.45) is 5.16 Å². The lowest BCUT2D eigenvalue weighted by Crippen LogP contribution is -2.62. The molecule has 0 spiro atoms. The standard InChI is InChI=1S/C11H11Cl2N5O4S/c1-22-18-5(9(20)16-4-2-14-8(4)19)6-11(23-3-15-6)17-10(21)7(12)13/h3-4,7H,2H2,1H3,(H,14,19)(H,16,20)(H,17,21). The number of nitrogens with zero attached hydrogens (tertiary/aromatic N) is 2. The monoisotopic (exact) mass is 379 g/mol. The molecule has 2 heterocycles. The first-order chi connectivity index (χ1) is 10.9. The molecule has 124 valence electrons. The van der Waals surface area contributed by atoms with E-state index >= 15 is 0 Å². The third-order valence-electron chi connectivity index (χ3n) is 2.73. The molecule has 1 aromatic rings. The topological polar surface area (TPSA) is 122 Å². The van der Waals surface area contributed by atoms with Crippen LogP contribution >= 0.6 is 34.5 Å². The third kappa shape index (κ3) is 4.09. The Morgan fingerprint density at radius 2 is 2.30 bits per heavy atom. The van der Waals surface area contributed by atoms with Crippen LogP contribution < -0.4 is 16.0 Å². The second-order valence-corrected chi connectivity index (χ2v) is 6.16. The van der Waals surface area contributed by atoms with Crippen molar-refractivity contribution in [3.63, 3.8) is 0 Å². The van der Waals surface area contributed by atoms with Gasteiger partial charge in [0.15, 0.2) is 10.5 Å². The van der Waals surface area contributed by atoms with Gasteiger partial charge in [-0.25, -0.2) is 4.98 Å². The van der Waals surface area contributed by atoms with E-state index in [1.807, 2.05) is 0 Å². The van der Waals surface area contributed by atoms with Crippen molar-refractivity contribution in [3.05, 3.63) is 11.2 Å². The van der Waals surface area contributed by atoms with Crippen LogP contribution in [0.2, 0.25) is 0 Å². The van der Waals surface area contributed by atoms with Gasteiger partial charge in [-0.3, -0.25) is 14.4 Å². The Morgan fingerprint density at radius 1 is 1.57 bits per heavy atom. The molecule has 1 unspecified atom stereocenters. The fourth-order valence-electron chi connectivity index (χ4n) is 1.58. The van der Waals surface area contributed by atoms with Crippen LogP contribution in [-0.4, -0.2) is 52.9 Å².